The number of pyridine rings is 1. The first-order valence-corrected chi connectivity index (χ1v) is 5.16. The number of hydrogen-bond acceptors (Lipinski definition) is 4. The van der Waals surface area contributed by atoms with Crippen LogP contribution < -0.4 is 11.5 Å². The maximum absolute atomic E-state index is 6.10. The van der Waals surface area contributed by atoms with E-state index in [0.717, 1.165) is 22.6 Å². The molecule has 2 rings (SSSR count). The van der Waals surface area contributed by atoms with Crippen molar-refractivity contribution in [3.63, 3.8) is 0 Å². The number of anilines is 1. The molecule has 4 nitrogen and oxygen atoms in total. The van der Waals surface area contributed by atoms with Crippen molar-refractivity contribution in [1.29, 1.82) is 0 Å². The van der Waals surface area contributed by atoms with Crippen LogP contribution in [0, 0.1) is 6.92 Å². The highest BCUT2D eigenvalue weighted by Gasteiger charge is 2.13. The van der Waals surface area contributed by atoms with Gasteiger partial charge in [-0.05, 0) is 31.0 Å². The van der Waals surface area contributed by atoms with Crippen LogP contribution in [0.25, 0.3) is 0 Å². The second-order valence-corrected chi connectivity index (χ2v) is 3.82. The first-order chi connectivity index (χ1) is 7.68. The van der Waals surface area contributed by atoms with Crippen molar-refractivity contribution < 1.29 is 4.42 Å². The van der Waals surface area contributed by atoms with Crippen LogP contribution in [0.15, 0.2) is 35.2 Å². The molecule has 0 bridgehead atoms. The fraction of sp³-hybridized carbons (Fsp3) is 0.250. The molecule has 4 N–H and O–H groups in total. The van der Waals surface area contributed by atoms with Gasteiger partial charge in [-0.1, -0.05) is 0 Å². The summed E-state index contributed by atoms with van der Waals surface area (Å²) in [6.07, 6.45) is 5.75. The van der Waals surface area contributed by atoms with Crippen LogP contribution in [0.3, 0.4) is 0 Å². The number of nitrogen functional groups attached to an aromatic ring is 1. The van der Waals surface area contributed by atoms with E-state index in [9.17, 15) is 0 Å². The number of rotatable bonds is 3. The van der Waals surface area contributed by atoms with Gasteiger partial charge in [0.15, 0.2) is 0 Å². The Morgan fingerprint density at radius 3 is 2.88 bits per heavy atom. The van der Waals surface area contributed by atoms with Gasteiger partial charge < -0.3 is 15.9 Å². The van der Waals surface area contributed by atoms with E-state index < -0.39 is 0 Å². The number of aromatic nitrogens is 1. The van der Waals surface area contributed by atoms with Gasteiger partial charge in [0.05, 0.1) is 6.26 Å². The summed E-state index contributed by atoms with van der Waals surface area (Å²) in [4.78, 5) is 4.04. The van der Waals surface area contributed by atoms with Crippen molar-refractivity contribution in [2.75, 3.05) is 5.73 Å². The van der Waals surface area contributed by atoms with Crippen LogP contribution in [0.2, 0.25) is 0 Å². The average molecular weight is 217 g/mol. The quantitative estimate of drug-likeness (QED) is 0.821. The number of hydrogen-bond donors (Lipinski definition) is 2. The molecule has 1 atom stereocenters. The molecule has 0 aromatic carbocycles. The average Bonchev–Trinajstić information content (AvgIpc) is 2.68. The molecule has 16 heavy (non-hydrogen) atoms. The van der Waals surface area contributed by atoms with Crippen molar-refractivity contribution in [2.24, 2.45) is 5.73 Å². The molecule has 84 valence electrons. The summed E-state index contributed by atoms with van der Waals surface area (Å²) in [6, 6.07) is 3.57. The number of nitrogens with two attached hydrogens (primary N) is 2. The summed E-state index contributed by atoms with van der Waals surface area (Å²) >= 11 is 0. The summed E-state index contributed by atoms with van der Waals surface area (Å²) in [5.41, 5.74) is 14.7. The lowest BCUT2D eigenvalue weighted by Gasteiger charge is -2.11. The SMILES string of the molecule is Cc1occc1C(N)Cc1cnccc1N. The zero-order valence-electron chi connectivity index (χ0n) is 9.18. The van der Waals surface area contributed by atoms with E-state index >= 15 is 0 Å². The third kappa shape index (κ3) is 2.06. The van der Waals surface area contributed by atoms with E-state index in [1.54, 1.807) is 24.7 Å². The Labute approximate surface area is 94.3 Å². The van der Waals surface area contributed by atoms with E-state index in [4.69, 9.17) is 15.9 Å². The molecule has 0 aliphatic rings. The lowest BCUT2D eigenvalue weighted by atomic mass is 10.0. The Morgan fingerprint density at radius 1 is 1.44 bits per heavy atom. The Balaban J connectivity index is 2.17. The van der Waals surface area contributed by atoms with Gasteiger partial charge in [0, 0.05) is 29.7 Å². The van der Waals surface area contributed by atoms with Crippen molar-refractivity contribution in [3.05, 3.63) is 47.7 Å². The Kier molecular flexibility index (Phi) is 2.92. The number of furan rings is 1. The molecule has 2 aromatic rings. The van der Waals surface area contributed by atoms with E-state index in [2.05, 4.69) is 4.98 Å². The molecule has 0 amide bonds. The molecule has 0 saturated carbocycles. The zero-order chi connectivity index (χ0) is 11.5. The molecule has 0 spiro atoms. The van der Waals surface area contributed by atoms with Gasteiger partial charge in [0.2, 0.25) is 0 Å². The minimum Gasteiger partial charge on any atom is -0.469 e. The normalized spacial score (nSPS) is 12.6. The standard InChI is InChI=1S/C12H15N3O/c1-8-10(3-5-16-8)12(14)6-9-7-15-4-2-11(9)13/h2-5,7,12H,6,14H2,1H3,(H2,13,15). The van der Waals surface area contributed by atoms with Crippen LogP contribution in [0.5, 0.6) is 0 Å². The maximum Gasteiger partial charge on any atom is 0.105 e. The molecule has 4 heteroatoms. The second kappa shape index (κ2) is 4.37. The summed E-state index contributed by atoms with van der Waals surface area (Å²) in [5.74, 6) is 0.856. The second-order valence-electron chi connectivity index (χ2n) is 3.82. The largest absolute Gasteiger partial charge is 0.469 e. The van der Waals surface area contributed by atoms with E-state index in [-0.39, 0.29) is 6.04 Å². The molecule has 2 aromatic heterocycles. The molecule has 2 heterocycles. The summed E-state index contributed by atoms with van der Waals surface area (Å²) in [5, 5.41) is 0. The van der Waals surface area contributed by atoms with Crippen molar-refractivity contribution in [2.45, 2.75) is 19.4 Å². The van der Waals surface area contributed by atoms with Crippen LogP contribution in [-0.4, -0.2) is 4.98 Å². The van der Waals surface area contributed by atoms with E-state index in [1.807, 2.05) is 13.0 Å². The van der Waals surface area contributed by atoms with Crippen LogP contribution >= 0.6 is 0 Å². The highest BCUT2D eigenvalue weighted by Crippen LogP contribution is 2.22. The van der Waals surface area contributed by atoms with Crippen LogP contribution in [0.4, 0.5) is 5.69 Å². The van der Waals surface area contributed by atoms with Gasteiger partial charge in [-0.2, -0.15) is 0 Å². The molecule has 1 unspecified atom stereocenters. The van der Waals surface area contributed by atoms with Gasteiger partial charge in [-0.3, -0.25) is 4.98 Å². The Hall–Kier alpha value is -1.81. The Bertz CT molecular complexity index is 479. The smallest absolute Gasteiger partial charge is 0.105 e. The molecule has 0 aliphatic heterocycles. The molecular weight excluding hydrogens is 202 g/mol. The van der Waals surface area contributed by atoms with E-state index in [1.165, 1.54) is 0 Å². The fourth-order valence-corrected chi connectivity index (χ4v) is 1.73. The summed E-state index contributed by atoms with van der Waals surface area (Å²) < 4.78 is 5.23. The monoisotopic (exact) mass is 217 g/mol. The van der Waals surface area contributed by atoms with E-state index in [0.29, 0.717) is 6.42 Å². The van der Waals surface area contributed by atoms with Crippen molar-refractivity contribution in [3.8, 4) is 0 Å². The highest BCUT2D eigenvalue weighted by atomic mass is 16.3. The van der Waals surface area contributed by atoms with Gasteiger partial charge in [-0.15, -0.1) is 0 Å². The van der Waals surface area contributed by atoms with Crippen molar-refractivity contribution >= 4 is 5.69 Å². The molecule has 0 fully saturated rings. The lowest BCUT2D eigenvalue weighted by molar-refractivity contribution is 0.524. The molecular formula is C12H15N3O. The lowest BCUT2D eigenvalue weighted by Crippen LogP contribution is -2.14. The molecule has 0 aliphatic carbocycles. The summed E-state index contributed by atoms with van der Waals surface area (Å²) in [7, 11) is 0. The van der Waals surface area contributed by atoms with Gasteiger partial charge in [-0.25, -0.2) is 0 Å². The van der Waals surface area contributed by atoms with Gasteiger partial charge in [0.1, 0.15) is 5.76 Å². The molecule has 0 saturated heterocycles. The molecule has 0 radical (unpaired) electrons. The third-order valence-corrected chi connectivity index (χ3v) is 2.68. The minimum absolute atomic E-state index is 0.106. The van der Waals surface area contributed by atoms with Gasteiger partial charge >= 0.3 is 0 Å². The predicted molar refractivity (Wildman–Crippen MR) is 62.7 cm³/mol. The van der Waals surface area contributed by atoms with Crippen LogP contribution in [-0.2, 0) is 6.42 Å². The Morgan fingerprint density at radius 2 is 2.25 bits per heavy atom. The number of aryl methyl sites for hydroxylation is 1. The minimum atomic E-state index is -0.106. The highest BCUT2D eigenvalue weighted by molar-refractivity contribution is 5.45. The first-order valence-electron chi connectivity index (χ1n) is 5.16. The topological polar surface area (TPSA) is 78.1 Å². The summed E-state index contributed by atoms with van der Waals surface area (Å²) in [6.45, 7) is 1.90. The number of nitrogens with zero attached hydrogens (tertiary/aromatic N) is 1. The fourth-order valence-electron chi connectivity index (χ4n) is 1.73. The zero-order valence-corrected chi connectivity index (χ0v) is 9.18. The first kappa shape index (κ1) is 10.7. The van der Waals surface area contributed by atoms with Gasteiger partial charge in [0.25, 0.3) is 0 Å². The maximum atomic E-state index is 6.10. The third-order valence-electron chi connectivity index (χ3n) is 2.68. The van der Waals surface area contributed by atoms with Crippen LogP contribution in [0.1, 0.15) is 22.9 Å². The predicted octanol–water partition coefficient (Wildman–Crippen LogP) is 1.81. The van der Waals surface area contributed by atoms with Crippen molar-refractivity contribution in [1.82, 2.24) is 4.98 Å².